The standard InChI is InChI=1S/C19H23Cl3N4O11S/c1-35-19(14(32)26-11(13(30)31)8(5-36-16(23)33)6-38-15(19)26)25-10(27)4-2-3-9(12(28)29)24-17(34)37-7-18(20,21)22/h9,15H,2-7H2,1H3,(H2,23,33)(H,24,34)(H,25,27)(H,28,29)(H,30,31)/t9?,15-,19-/m0/s1. The molecule has 0 saturated carbocycles. The molecule has 1 saturated heterocycles. The van der Waals surface area contributed by atoms with Crippen molar-refractivity contribution in [3.8, 4) is 0 Å². The lowest BCUT2D eigenvalue weighted by molar-refractivity contribution is -0.192. The van der Waals surface area contributed by atoms with Crippen molar-refractivity contribution in [2.75, 3.05) is 26.1 Å². The molecule has 2 aliphatic heterocycles. The van der Waals surface area contributed by atoms with Gasteiger partial charge in [-0.15, -0.1) is 11.8 Å². The predicted molar refractivity (Wildman–Crippen MR) is 131 cm³/mol. The predicted octanol–water partition coefficient (Wildman–Crippen LogP) is 0.514. The van der Waals surface area contributed by atoms with Gasteiger partial charge in [0, 0.05) is 24.9 Å². The SMILES string of the molecule is CO[C@@]1(NC(=O)CCCC(NC(=O)OCC(Cl)(Cl)Cl)C(=O)O)C(=O)N2C(C(=O)O)=C(COC(N)=O)CS[C@H]21. The van der Waals surface area contributed by atoms with E-state index in [1.165, 1.54) is 0 Å². The first-order valence-corrected chi connectivity index (χ1v) is 12.7. The van der Waals surface area contributed by atoms with E-state index < -0.39 is 75.8 Å². The molecule has 2 rings (SSSR count). The van der Waals surface area contributed by atoms with Gasteiger partial charge in [-0.05, 0) is 12.8 Å². The smallest absolute Gasteiger partial charge is 0.407 e. The number of nitrogens with zero attached hydrogens (tertiary/aromatic N) is 1. The van der Waals surface area contributed by atoms with E-state index in [0.29, 0.717) is 0 Å². The Morgan fingerprint density at radius 2 is 1.89 bits per heavy atom. The fourth-order valence-electron chi connectivity index (χ4n) is 3.54. The summed E-state index contributed by atoms with van der Waals surface area (Å²) in [6.45, 7) is -1.07. The molecule has 0 aromatic rings. The number of carboxylic acid groups (broad SMARTS) is 2. The number of halogens is 3. The second kappa shape index (κ2) is 12.9. The summed E-state index contributed by atoms with van der Waals surface area (Å²) < 4.78 is 12.7. The van der Waals surface area contributed by atoms with Gasteiger partial charge in [0.1, 0.15) is 30.3 Å². The van der Waals surface area contributed by atoms with E-state index in [-0.39, 0.29) is 30.6 Å². The number of carboxylic acids is 2. The van der Waals surface area contributed by atoms with Gasteiger partial charge in [0.25, 0.3) is 11.6 Å². The minimum absolute atomic E-state index is 0.0324. The van der Waals surface area contributed by atoms with Crippen molar-refractivity contribution < 1.29 is 53.2 Å². The topological polar surface area (TPSA) is 224 Å². The Kier molecular flexibility index (Phi) is 10.7. The number of nitrogens with one attached hydrogen (secondary N) is 2. The molecule has 19 heteroatoms. The van der Waals surface area contributed by atoms with Crippen LogP contribution in [0.3, 0.4) is 0 Å². The van der Waals surface area contributed by atoms with Crippen LogP contribution in [0.4, 0.5) is 9.59 Å². The maximum atomic E-state index is 13.0. The summed E-state index contributed by atoms with van der Waals surface area (Å²) in [6, 6.07) is -1.43. The molecule has 212 valence electrons. The van der Waals surface area contributed by atoms with Crippen LogP contribution in [0.5, 0.6) is 0 Å². The van der Waals surface area contributed by atoms with Crippen LogP contribution in [-0.4, -0.2) is 98.1 Å². The number of fused-ring (bicyclic) bond motifs is 1. The second-order valence-electron chi connectivity index (χ2n) is 7.81. The maximum absolute atomic E-state index is 13.0. The molecule has 0 aliphatic carbocycles. The number of primary amides is 1. The number of alkyl halides is 3. The van der Waals surface area contributed by atoms with Gasteiger partial charge in [-0.3, -0.25) is 14.5 Å². The number of carbonyl (C=O) groups is 6. The Labute approximate surface area is 234 Å². The Bertz CT molecular complexity index is 1040. The van der Waals surface area contributed by atoms with Gasteiger partial charge in [-0.1, -0.05) is 34.8 Å². The molecule has 0 spiro atoms. The third kappa shape index (κ3) is 7.69. The molecule has 0 bridgehead atoms. The molecule has 0 aromatic heterocycles. The minimum atomic E-state index is -1.89. The molecular formula is C19H23Cl3N4O11S. The lowest BCUT2D eigenvalue weighted by Gasteiger charge is -2.55. The van der Waals surface area contributed by atoms with E-state index in [0.717, 1.165) is 23.8 Å². The fraction of sp³-hybridized carbons (Fsp3) is 0.579. The Morgan fingerprint density at radius 1 is 1.24 bits per heavy atom. The first kappa shape index (κ1) is 31.6. The van der Waals surface area contributed by atoms with Crippen LogP contribution in [0.2, 0.25) is 0 Å². The van der Waals surface area contributed by atoms with Gasteiger partial charge < -0.3 is 40.8 Å². The number of nitrogens with two attached hydrogens (primary N) is 1. The van der Waals surface area contributed by atoms with E-state index >= 15 is 0 Å². The van der Waals surface area contributed by atoms with Gasteiger partial charge in [0.2, 0.25) is 9.70 Å². The first-order valence-electron chi connectivity index (χ1n) is 10.5. The number of hydrogen-bond acceptors (Lipinski definition) is 10. The zero-order chi connectivity index (χ0) is 28.8. The average molecular weight is 622 g/mol. The summed E-state index contributed by atoms with van der Waals surface area (Å²) in [6.07, 6.45) is -2.78. The first-order chi connectivity index (χ1) is 17.6. The zero-order valence-electron chi connectivity index (χ0n) is 19.5. The molecule has 0 radical (unpaired) electrons. The summed E-state index contributed by atoms with van der Waals surface area (Å²) in [5.74, 6) is -4.40. The number of carbonyl (C=O) groups excluding carboxylic acids is 4. The van der Waals surface area contributed by atoms with Crippen LogP contribution in [0, 0.1) is 0 Å². The lowest BCUT2D eigenvalue weighted by Crippen LogP contribution is -2.80. The van der Waals surface area contributed by atoms with E-state index in [1.54, 1.807) is 0 Å². The number of β-lactam (4-membered cyclic amide) rings is 1. The van der Waals surface area contributed by atoms with Crippen molar-refractivity contribution in [2.45, 2.75) is 40.2 Å². The number of thioether (sulfide) groups is 1. The summed E-state index contributed by atoms with van der Waals surface area (Å²) in [4.78, 5) is 72.4. The van der Waals surface area contributed by atoms with Crippen LogP contribution >= 0.6 is 46.6 Å². The van der Waals surface area contributed by atoms with Crippen LogP contribution in [0.15, 0.2) is 11.3 Å². The van der Waals surface area contributed by atoms with E-state index in [1.807, 2.05) is 0 Å². The van der Waals surface area contributed by atoms with Gasteiger partial charge in [-0.25, -0.2) is 19.2 Å². The molecule has 3 atom stereocenters. The summed E-state index contributed by atoms with van der Waals surface area (Å²) in [5.41, 5.74) is 2.75. The number of alkyl carbamates (subject to hydrolysis) is 1. The third-order valence-electron chi connectivity index (χ3n) is 5.20. The van der Waals surface area contributed by atoms with Crippen molar-refractivity contribution >= 4 is 82.5 Å². The number of rotatable bonds is 12. The van der Waals surface area contributed by atoms with E-state index in [9.17, 15) is 39.0 Å². The van der Waals surface area contributed by atoms with Crippen molar-refractivity contribution in [1.29, 1.82) is 0 Å². The maximum Gasteiger partial charge on any atom is 0.407 e. The lowest BCUT2D eigenvalue weighted by atomic mass is 9.97. The van der Waals surface area contributed by atoms with Crippen LogP contribution in [0.1, 0.15) is 19.3 Å². The molecule has 2 aliphatic rings. The normalized spacial score (nSPS) is 21.5. The van der Waals surface area contributed by atoms with Gasteiger partial charge >= 0.3 is 24.1 Å². The minimum Gasteiger partial charge on any atom is -0.480 e. The van der Waals surface area contributed by atoms with Crippen molar-refractivity contribution in [1.82, 2.24) is 15.5 Å². The van der Waals surface area contributed by atoms with Gasteiger partial charge in [0.05, 0.1) is 0 Å². The highest BCUT2D eigenvalue weighted by molar-refractivity contribution is 8.00. The van der Waals surface area contributed by atoms with Gasteiger partial charge in [0.15, 0.2) is 0 Å². The van der Waals surface area contributed by atoms with Gasteiger partial charge in [-0.2, -0.15) is 0 Å². The number of amides is 4. The Balaban J connectivity index is 1.99. The highest BCUT2D eigenvalue weighted by atomic mass is 35.6. The second-order valence-corrected chi connectivity index (χ2v) is 11.4. The number of aliphatic carboxylic acids is 2. The number of ether oxygens (including phenoxy) is 3. The third-order valence-corrected chi connectivity index (χ3v) is 6.90. The summed E-state index contributed by atoms with van der Waals surface area (Å²) in [5, 5.41) is 22.5. The van der Waals surface area contributed by atoms with Crippen LogP contribution in [0.25, 0.3) is 0 Å². The van der Waals surface area contributed by atoms with Crippen molar-refractivity contribution in [2.24, 2.45) is 5.73 Å². The van der Waals surface area contributed by atoms with Crippen LogP contribution < -0.4 is 16.4 Å². The van der Waals surface area contributed by atoms with E-state index in [4.69, 9.17) is 45.3 Å². The molecule has 1 fully saturated rings. The number of hydrogen-bond donors (Lipinski definition) is 5. The highest BCUT2D eigenvalue weighted by Gasteiger charge is 2.66. The molecule has 4 amide bonds. The monoisotopic (exact) mass is 620 g/mol. The molecule has 6 N–H and O–H groups in total. The molecule has 38 heavy (non-hydrogen) atoms. The quantitative estimate of drug-likeness (QED) is 0.114. The summed E-state index contributed by atoms with van der Waals surface area (Å²) >= 11 is 17.4. The molecule has 0 aromatic carbocycles. The Hall–Kier alpha value is -2.66. The zero-order valence-corrected chi connectivity index (χ0v) is 22.6. The van der Waals surface area contributed by atoms with Crippen molar-refractivity contribution in [3.63, 3.8) is 0 Å². The highest BCUT2D eigenvalue weighted by Crippen LogP contribution is 2.46. The van der Waals surface area contributed by atoms with Crippen LogP contribution in [-0.2, 0) is 33.4 Å². The summed E-state index contributed by atoms with van der Waals surface area (Å²) in [7, 11) is 1.15. The molecule has 2 heterocycles. The van der Waals surface area contributed by atoms with E-state index in [2.05, 4.69) is 20.1 Å². The van der Waals surface area contributed by atoms with Crippen molar-refractivity contribution in [3.05, 3.63) is 11.3 Å². The number of methoxy groups -OCH3 is 1. The average Bonchev–Trinajstić information content (AvgIpc) is 2.82. The largest absolute Gasteiger partial charge is 0.480 e. The molecular weight excluding hydrogens is 599 g/mol. The molecule has 1 unspecified atom stereocenters. The molecule has 15 nitrogen and oxygen atoms in total. The fourth-order valence-corrected chi connectivity index (χ4v) is 5.12. The Morgan fingerprint density at radius 3 is 2.42 bits per heavy atom.